The number of hydrogen-bond acceptors (Lipinski definition) is 3. The van der Waals surface area contributed by atoms with Gasteiger partial charge in [-0.1, -0.05) is 18.0 Å². The molecule has 1 aromatic rings. The molecule has 2 rings (SSSR count). The zero-order valence-electron chi connectivity index (χ0n) is 11.8. The third kappa shape index (κ3) is 2.91. The Morgan fingerprint density at radius 2 is 2.20 bits per heavy atom. The van der Waals surface area contributed by atoms with Crippen molar-refractivity contribution in [3.8, 4) is 0 Å². The number of primary amides is 1. The first-order valence-electron chi connectivity index (χ1n) is 7.14. The van der Waals surface area contributed by atoms with Crippen LogP contribution in [0.2, 0.25) is 5.02 Å². The lowest BCUT2D eigenvalue weighted by atomic mass is 10.0. The van der Waals surface area contributed by atoms with E-state index in [1.54, 1.807) is 12.1 Å². The Morgan fingerprint density at radius 3 is 2.80 bits per heavy atom. The van der Waals surface area contributed by atoms with Crippen molar-refractivity contribution in [3.05, 3.63) is 28.8 Å². The number of carbonyl (C=O) groups is 1. The normalized spacial score (nSPS) is 21.9. The Balaban J connectivity index is 2.39. The summed E-state index contributed by atoms with van der Waals surface area (Å²) in [6.07, 6.45) is 3.44. The second-order valence-electron chi connectivity index (χ2n) is 5.31. The highest BCUT2D eigenvalue weighted by Gasteiger charge is 2.32. The highest BCUT2D eigenvalue weighted by atomic mass is 35.5. The van der Waals surface area contributed by atoms with E-state index < -0.39 is 5.91 Å². The predicted octanol–water partition coefficient (Wildman–Crippen LogP) is 2.39. The monoisotopic (exact) mass is 295 g/mol. The maximum Gasteiger partial charge on any atom is 0.250 e. The van der Waals surface area contributed by atoms with E-state index in [1.165, 1.54) is 6.42 Å². The van der Waals surface area contributed by atoms with Crippen molar-refractivity contribution in [1.82, 2.24) is 0 Å². The fourth-order valence-electron chi connectivity index (χ4n) is 3.24. The van der Waals surface area contributed by atoms with Gasteiger partial charge in [0.15, 0.2) is 0 Å². The van der Waals surface area contributed by atoms with Crippen molar-refractivity contribution in [3.63, 3.8) is 0 Å². The minimum absolute atomic E-state index is 0.379. The topological polar surface area (TPSA) is 72.3 Å². The van der Waals surface area contributed by atoms with Crippen LogP contribution < -0.4 is 16.4 Å². The zero-order chi connectivity index (χ0) is 14.7. The predicted molar refractivity (Wildman–Crippen MR) is 83.2 cm³/mol. The van der Waals surface area contributed by atoms with Gasteiger partial charge in [0.1, 0.15) is 0 Å². The molecule has 2 unspecified atom stereocenters. The number of benzene rings is 1. The molecule has 1 aliphatic carbocycles. The lowest BCUT2D eigenvalue weighted by Crippen LogP contribution is -2.41. The molecule has 0 bridgehead atoms. The van der Waals surface area contributed by atoms with Crippen LogP contribution >= 0.6 is 11.6 Å². The van der Waals surface area contributed by atoms with Crippen LogP contribution in [0.15, 0.2) is 18.2 Å². The van der Waals surface area contributed by atoms with Gasteiger partial charge in [-0.3, -0.25) is 4.79 Å². The van der Waals surface area contributed by atoms with Gasteiger partial charge in [-0.2, -0.15) is 0 Å². The van der Waals surface area contributed by atoms with Crippen molar-refractivity contribution in [2.45, 2.75) is 32.2 Å². The maximum atomic E-state index is 11.7. The second kappa shape index (κ2) is 6.46. The molecule has 2 atom stereocenters. The van der Waals surface area contributed by atoms with Crippen LogP contribution in [-0.2, 0) is 0 Å². The molecule has 0 spiro atoms. The number of anilines is 1. The number of nitrogens with zero attached hydrogens (tertiary/aromatic N) is 1. The lowest BCUT2D eigenvalue weighted by Gasteiger charge is -2.35. The fraction of sp³-hybridized carbons (Fsp3) is 0.533. The standard InChI is InChI=1S/C15H22ClN3O/c1-2-19(13-5-3-4-10(13)9-17)14-7-6-11(16)8-12(14)15(18)20/h6-8,10,13H,2-5,9,17H2,1H3,(H2,18,20). The number of nitrogens with two attached hydrogens (primary N) is 2. The molecule has 4 N–H and O–H groups in total. The highest BCUT2D eigenvalue weighted by Crippen LogP contribution is 2.34. The van der Waals surface area contributed by atoms with Crippen LogP contribution in [0.25, 0.3) is 0 Å². The van der Waals surface area contributed by atoms with Crippen molar-refractivity contribution >= 4 is 23.2 Å². The first-order valence-corrected chi connectivity index (χ1v) is 7.52. The summed E-state index contributed by atoms with van der Waals surface area (Å²) in [6.45, 7) is 3.59. The Hall–Kier alpha value is -1.26. The van der Waals surface area contributed by atoms with Crippen LogP contribution in [0.1, 0.15) is 36.5 Å². The van der Waals surface area contributed by atoms with Crippen LogP contribution in [0.4, 0.5) is 5.69 Å². The highest BCUT2D eigenvalue weighted by molar-refractivity contribution is 6.31. The molecular weight excluding hydrogens is 274 g/mol. The summed E-state index contributed by atoms with van der Waals surface area (Å²) in [5, 5.41) is 0.528. The van der Waals surface area contributed by atoms with E-state index in [1.807, 2.05) is 6.07 Å². The molecular formula is C15H22ClN3O. The average Bonchev–Trinajstić information content (AvgIpc) is 2.89. The van der Waals surface area contributed by atoms with Crippen molar-refractivity contribution in [1.29, 1.82) is 0 Å². The molecule has 1 aliphatic rings. The van der Waals surface area contributed by atoms with E-state index in [9.17, 15) is 4.79 Å². The number of amides is 1. The van der Waals surface area contributed by atoms with Crippen molar-refractivity contribution < 1.29 is 4.79 Å². The van der Waals surface area contributed by atoms with Gasteiger partial charge in [-0.05, 0) is 50.4 Å². The summed E-state index contributed by atoms with van der Waals surface area (Å²) >= 11 is 5.98. The van der Waals surface area contributed by atoms with Crippen molar-refractivity contribution in [2.24, 2.45) is 17.4 Å². The Bertz CT molecular complexity index is 492. The summed E-state index contributed by atoms with van der Waals surface area (Å²) in [4.78, 5) is 13.9. The van der Waals surface area contributed by atoms with Crippen LogP contribution in [-0.4, -0.2) is 25.0 Å². The molecule has 20 heavy (non-hydrogen) atoms. The van der Waals surface area contributed by atoms with E-state index in [0.717, 1.165) is 25.1 Å². The number of halogens is 1. The molecule has 110 valence electrons. The first kappa shape index (κ1) is 15.1. The molecule has 4 nitrogen and oxygen atoms in total. The van der Waals surface area contributed by atoms with Gasteiger partial charge in [0.2, 0.25) is 0 Å². The van der Waals surface area contributed by atoms with E-state index in [0.29, 0.717) is 29.1 Å². The average molecular weight is 296 g/mol. The molecule has 0 aromatic heterocycles. The molecule has 1 aromatic carbocycles. The van der Waals surface area contributed by atoms with E-state index >= 15 is 0 Å². The van der Waals surface area contributed by atoms with Gasteiger partial charge >= 0.3 is 0 Å². The van der Waals surface area contributed by atoms with Gasteiger partial charge in [-0.25, -0.2) is 0 Å². The SMILES string of the molecule is CCN(c1ccc(Cl)cc1C(N)=O)C1CCCC1CN. The molecule has 1 fully saturated rings. The molecule has 0 saturated heterocycles. The van der Waals surface area contributed by atoms with Gasteiger partial charge in [0.25, 0.3) is 5.91 Å². The van der Waals surface area contributed by atoms with Gasteiger partial charge in [0, 0.05) is 23.3 Å². The molecule has 5 heteroatoms. The smallest absolute Gasteiger partial charge is 0.250 e. The third-order valence-electron chi connectivity index (χ3n) is 4.20. The summed E-state index contributed by atoms with van der Waals surface area (Å²) in [7, 11) is 0. The zero-order valence-corrected chi connectivity index (χ0v) is 12.6. The third-order valence-corrected chi connectivity index (χ3v) is 4.43. The Morgan fingerprint density at radius 1 is 1.45 bits per heavy atom. The fourth-order valence-corrected chi connectivity index (χ4v) is 3.41. The maximum absolute atomic E-state index is 11.7. The Kier molecular flexibility index (Phi) is 4.89. The number of rotatable bonds is 5. The quantitative estimate of drug-likeness (QED) is 0.876. The summed E-state index contributed by atoms with van der Waals surface area (Å²) in [6, 6.07) is 5.72. The van der Waals surface area contributed by atoms with E-state index in [-0.39, 0.29) is 0 Å². The minimum Gasteiger partial charge on any atom is -0.368 e. The number of carbonyl (C=O) groups excluding carboxylic acids is 1. The molecule has 1 amide bonds. The molecule has 1 saturated carbocycles. The molecule has 0 aliphatic heterocycles. The van der Waals surface area contributed by atoms with Crippen LogP contribution in [0.5, 0.6) is 0 Å². The Labute approximate surface area is 125 Å². The lowest BCUT2D eigenvalue weighted by molar-refractivity contribution is 0.100. The molecule has 0 radical (unpaired) electrons. The second-order valence-corrected chi connectivity index (χ2v) is 5.74. The first-order chi connectivity index (χ1) is 9.58. The largest absolute Gasteiger partial charge is 0.368 e. The molecule has 0 heterocycles. The van der Waals surface area contributed by atoms with Crippen LogP contribution in [0.3, 0.4) is 0 Å². The van der Waals surface area contributed by atoms with E-state index in [2.05, 4.69) is 11.8 Å². The van der Waals surface area contributed by atoms with Gasteiger partial charge < -0.3 is 16.4 Å². The summed E-state index contributed by atoms with van der Waals surface area (Å²) in [5.41, 5.74) is 12.7. The van der Waals surface area contributed by atoms with Crippen molar-refractivity contribution in [2.75, 3.05) is 18.0 Å². The van der Waals surface area contributed by atoms with Crippen LogP contribution in [0, 0.1) is 5.92 Å². The minimum atomic E-state index is -0.441. The summed E-state index contributed by atoms with van der Waals surface area (Å²) < 4.78 is 0. The number of hydrogen-bond donors (Lipinski definition) is 2. The summed E-state index contributed by atoms with van der Waals surface area (Å²) in [5.74, 6) is 0.0367. The van der Waals surface area contributed by atoms with Gasteiger partial charge in [0.05, 0.1) is 5.56 Å². The van der Waals surface area contributed by atoms with E-state index in [4.69, 9.17) is 23.1 Å². The van der Waals surface area contributed by atoms with Gasteiger partial charge in [-0.15, -0.1) is 0 Å².